The molecule has 0 radical (unpaired) electrons. The number of hydrogen-bond acceptors (Lipinski definition) is 4. The predicted molar refractivity (Wildman–Crippen MR) is 72.9 cm³/mol. The molecule has 4 heteroatoms. The Morgan fingerprint density at radius 2 is 1.76 bits per heavy atom. The molecule has 0 bridgehead atoms. The smallest absolute Gasteiger partial charge is 0.148 e. The van der Waals surface area contributed by atoms with E-state index in [1.165, 1.54) is 0 Å². The Bertz CT molecular complexity index is 392. The van der Waals surface area contributed by atoms with Gasteiger partial charge in [0.15, 0.2) is 0 Å². The van der Waals surface area contributed by atoms with Crippen LogP contribution < -0.4 is 5.32 Å². The molecule has 0 aliphatic carbocycles. The predicted octanol–water partition coefficient (Wildman–Crippen LogP) is 1.67. The van der Waals surface area contributed by atoms with Crippen molar-refractivity contribution in [2.24, 2.45) is 9.98 Å². The number of rotatable bonds is 0. The molecule has 17 heavy (non-hydrogen) atoms. The zero-order valence-corrected chi connectivity index (χ0v) is 12.0. The zero-order chi connectivity index (χ0) is 13.0. The number of aliphatic imine (C=N–C) groups is 2. The maximum Gasteiger partial charge on any atom is 0.148 e. The first-order chi connectivity index (χ1) is 7.67. The van der Waals surface area contributed by atoms with Crippen LogP contribution >= 0.6 is 0 Å². The normalized spacial score (nSPS) is 34.9. The van der Waals surface area contributed by atoms with Crippen molar-refractivity contribution in [3.8, 4) is 0 Å². The van der Waals surface area contributed by atoms with E-state index < -0.39 is 0 Å². The first-order valence-corrected chi connectivity index (χ1v) is 6.34. The molecule has 2 aliphatic heterocycles. The molecule has 4 nitrogen and oxygen atoms in total. The van der Waals surface area contributed by atoms with Crippen LogP contribution in [0.2, 0.25) is 0 Å². The second-order valence-electron chi connectivity index (χ2n) is 6.19. The van der Waals surface area contributed by atoms with E-state index in [-0.39, 0.29) is 23.3 Å². The largest absolute Gasteiger partial charge is 0.351 e. The second-order valence-corrected chi connectivity index (χ2v) is 6.19. The number of nitrogens with one attached hydrogen (secondary N) is 1. The SMILES string of the molecule is CC1N=C2C(=NC(C)(C)C(C)(C)N2C)C(C)N1. The number of fused-ring (bicyclic) bond motifs is 1. The number of hydrogen-bond donors (Lipinski definition) is 1. The van der Waals surface area contributed by atoms with Crippen LogP contribution in [0.1, 0.15) is 41.5 Å². The van der Waals surface area contributed by atoms with Crippen LogP contribution in [0.15, 0.2) is 9.98 Å². The summed E-state index contributed by atoms with van der Waals surface area (Å²) in [4.78, 5) is 11.9. The van der Waals surface area contributed by atoms with E-state index >= 15 is 0 Å². The third-order valence-electron chi connectivity index (χ3n) is 4.50. The first-order valence-electron chi connectivity index (χ1n) is 6.34. The van der Waals surface area contributed by atoms with Crippen molar-refractivity contribution in [2.45, 2.75) is 64.8 Å². The summed E-state index contributed by atoms with van der Waals surface area (Å²) in [6.07, 6.45) is 0.165. The van der Waals surface area contributed by atoms with Crippen LogP contribution in [0, 0.1) is 0 Å². The van der Waals surface area contributed by atoms with Gasteiger partial charge in [-0.25, -0.2) is 4.99 Å². The molecule has 2 aliphatic rings. The average Bonchev–Trinajstić information content (AvgIpc) is 2.18. The van der Waals surface area contributed by atoms with Crippen molar-refractivity contribution >= 4 is 11.5 Å². The molecule has 0 saturated heterocycles. The van der Waals surface area contributed by atoms with Crippen molar-refractivity contribution in [2.75, 3.05) is 7.05 Å². The standard InChI is InChI=1S/C13H24N4/c1-8-10-11(15-9(2)14-8)17(7)13(5,6)12(3,4)16-10/h8-9,14H,1-7H3. The van der Waals surface area contributed by atoms with Crippen molar-refractivity contribution < 1.29 is 0 Å². The molecule has 2 atom stereocenters. The summed E-state index contributed by atoms with van der Waals surface area (Å²) < 4.78 is 0. The lowest BCUT2D eigenvalue weighted by Crippen LogP contribution is -2.66. The fourth-order valence-corrected chi connectivity index (χ4v) is 2.44. The van der Waals surface area contributed by atoms with E-state index in [0.29, 0.717) is 0 Å². The Morgan fingerprint density at radius 3 is 2.35 bits per heavy atom. The lowest BCUT2D eigenvalue weighted by atomic mass is 9.79. The van der Waals surface area contributed by atoms with Crippen LogP contribution in [0.4, 0.5) is 0 Å². The third kappa shape index (κ3) is 1.69. The van der Waals surface area contributed by atoms with Crippen molar-refractivity contribution in [3.05, 3.63) is 0 Å². The topological polar surface area (TPSA) is 40.0 Å². The highest BCUT2D eigenvalue weighted by molar-refractivity contribution is 6.44. The fourth-order valence-electron chi connectivity index (χ4n) is 2.44. The summed E-state index contributed by atoms with van der Waals surface area (Å²) in [5.74, 6) is 1.05. The van der Waals surface area contributed by atoms with Crippen LogP contribution in [0.25, 0.3) is 0 Å². The van der Waals surface area contributed by atoms with Gasteiger partial charge in [0.2, 0.25) is 0 Å². The fraction of sp³-hybridized carbons (Fsp3) is 0.846. The van der Waals surface area contributed by atoms with E-state index in [2.05, 4.69) is 58.8 Å². The summed E-state index contributed by atoms with van der Waals surface area (Å²) in [7, 11) is 2.13. The molecular formula is C13H24N4. The monoisotopic (exact) mass is 236 g/mol. The molecule has 96 valence electrons. The van der Waals surface area contributed by atoms with Gasteiger partial charge in [-0.05, 0) is 41.5 Å². The average molecular weight is 236 g/mol. The molecule has 0 saturated carbocycles. The quantitative estimate of drug-likeness (QED) is 0.695. The lowest BCUT2D eigenvalue weighted by molar-refractivity contribution is 0.145. The Kier molecular flexibility index (Phi) is 2.62. The lowest BCUT2D eigenvalue weighted by Gasteiger charge is -2.52. The van der Waals surface area contributed by atoms with Crippen LogP contribution in [0.5, 0.6) is 0 Å². The zero-order valence-electron chi connectivity index (χ0n) is 12.0. The molecular weight excluding hydrogens is 212 g/mol. The van der Waals surface area contributed by atoms with Gasteiger partial charge in [-0.1, -0.05) is 0 Å². The Morgan fingerprint density at radius 1 is 1.18 bits per heavy atom. The molecule has 2 unspecified atom stereocenters. The van der Waals surface area contributed by atoms with Gasteiger partial charge in [0.1, 0.15) is 5.84 Å². The number of likely N-dealkylation sites (N-methyl/N-ethyl adjacent to an activating group) is 1. The minimum Gasteiger partial charge on any atom is -0.351 e. The maximum absolute atomic E-state index is 4.94. The highest BCUT2D eigenvalue weighted by atomic mass is 15.3. The Hall–Kier alpha value is -0.900. The molecule has 0 fully saturated rings. The Balaban J connectivity index is 2.57. The van der Waals surface area contributed by atoms with Gasteiger partial charge < -0.3 is 4.90 Å². The molecule has 0 amide bonds. The molecule has 2 heterocycles. The molecule has 2 rings (SSSR count). The molecule has 0 aromatic carbocycles. The third-order valence-corrected chi connectivity index (χ3v) is 4.50. The van der Waals surface area contributed by atoms with Crippen molar-refractivity contribution in [3.63, 3.8) is 0 Å². The van der Waals surface area contributed by atoms with Crippen molar-refractivity contribution in [1.82, 2.24) is 10.2 Å². The molecule has 0 aromatic rings. The highest BCUT2D eigenvalue weighted by Gasteiger charge is 2.48. The number of nitrogens with zero attached hydrogens (tertiary/aromatic N) is 3. The highest BCUT2D eigenvalue weighted by Crippen LogP contribution is 2.35. The van der Waals surface area contributed by atoms with E-state index in [1.54, 1.807) is 0 Å². The van der Waals surface area contributed by atoms with Gasteiger partial charge in [-0.2, -0.15) is 0 Å². The van der Waals surface area contributed by atoms with Gasteiger partial charge >= 0.3 is 0 Å². The number of amidine groups is 1. The van der Waals surface area contributed by atoms with E-state index in [9.17, 15) is 0 Å². The molecule has 1 N–H and O–H groups in total. The maximum atomic E-state index is 4.94. The summed E-state index contributed by atoms with van der Waals surface area (Å²) >= 11 is 0. The minimum atomic E-state index is -0.105. The van der Waals surface area contributed by atoms with Crippen LogP contribution in [0.3, 0.4) is 0 Å². The van der Waals surface area contributed by atoms with Gasteiger partial charge in [0.05, 0.1) is 29.0 Å². The van der Waals surface area contributed by atoms with Crippen molar-refractivity contribution in [1.29, 1.82) is 0 Å². The van der Waals surface area contributed by atoms with E-state index in [1.807, 2.05) is 0 Å². The van der Waals surface area contributed by atoms with Gasteiger partial charge in [-0.15, -0.1) is 0 Å². The minimum absolute atomic E-state index is 0.0217. The van der Waals surface area contributed by atoms with Gasteiger partial charge in [0, 0.05) is 7.05 Å². The summed E-state index contributed by atoms with van der Waals surface area (Å²) in [5, 5.41) is 3.42. The van der Waals surface area contributed by atoms with E-state index in [4.69, 9.17) is 9.98 Å². The van der Waals surface area contributed by atoms with Crippen LogP contribution in [-0.4, -0.2) is 46.8 Å². The molecule has 0 spiro atoms. The van der Waals surface area contributed by atoms with Gasteiger partial charge in [0.25, 0.3) is 0 Å². The summed E-state index contributed by atoms with van der Waals surface area (Å²) in [5.41, 5.74) is 0.966. The molecule has 0 aromatic heterocycles. The summed E-state index contributed by atoms with van der Waals surface area (Å²) in [6, 6.07) is 0.273. The van der Waals surface area contributed by atoms with Gasteiger partial charge in [-0.3, -0.25) is 10.3 Å². The van der Waals surface area contributed by atoms with Crippen LogP contribution in [-0.2, 0) is 0 Å². The second kappa shape index (κ2) is 3.55. The summed E-state index contributed by atoms with van der Waals surface area (Å²) in [6.45, 7) is 13.1. The Labute approximate surface area is 104 Å². The first kappa shape index (κ1) is 12.6. The van der Waals surface area contributed by atoms with E-state index in [0.717, 1.165) is 11.5 Å².